The molecule has 0 radical (unpaired) electrons. The van der Waals surface area contributed by atoms with Crippen LogP contribution in [0.2, 0.25) is 0 Å². The van der Waals surface area contributed by atoms with Crippen LogP contribution in [-0.2, 0) is 9.47 Å². The molecular weight excluding hydrogens is 170 g/mol. The van der Waals surface area contributed by atoms with E-state index in [1.54, 1.807) is 0 Å². The molecule has 74 valence electrons. The number of aliphatic hydroxyl groups excluding tert-OH is 1. The molecule has 0 aromatic heterocycles. The molecule has 13 heavy (non-hydrogen) atoms. The van der Waals surface area contributed by atoms with Gasteiger partial charge in [-0.2, -0.15) is 0 Å². The maximum atomic E-state index is 9.59. The maximum Gasteiger partial charge on any atom is 0.163 e. The molecule has 4 nitrogen and oxygen atoms in total. The fourth-order valence-electron chi connectivity index (χ4n) is 2.84. The van der Waals surface area contributed by atoms with Gasteiger partial charge in [0.15, 0.2) is 5.79 Å². The van der Waals surface area contributed by atoms with E-state index >= 15 is 0 Å². The first-order chi connectivity index (χ1) is 6.07. The Kier molecular flexibility index (Phi) is 1.42. The molecular formula is C9H15NO3. The van der Waals surface area contributed by atoms with Gasteiger partial charge in [-0.15, -0.1) is 0 Å². The Labute approximate surface area is 77.2 Å². The average molecular weight is 185 g/mol. The number of nitrogens with one attached hydrogen (secondary N) is 1. The number of ether oxygens (including phenoxy) is 2. The third-order valence-electron chi connectivity index (χ3n) is 3.30. The smallest absolute Gasteiger partial charge is 0.163 e. The number of rotatable bonds is 0. The van der Waals surface area contributed by atoms with Crippen LogP contribution in [0, 0.1) is 5.92 Å². The van der Waals surface area contributed by atoms with E-state index in [-0.39, 0.29) is 24.2 Å². The summed E-state index contributed by atoms with van der Waals surface area (Å²) in [6, 6.07) is 0.284. The largest absolute Gasteiger partial charge is 0.378 e. The van der Waals surface area contributed by atoms with Gasteiger partial charge in [0, 0.05) is 12.0 Å². The Bertz CT molecular complexity index is 243. The Morgan fingerprint density at radius 1 is 1.31 bits per heavy atom. The van der Waals surface area contributed by atoms with Gasteiger partial charge in [0.05, 0.1) is 6.10 Å². The number of hydrogen-bond acceptors (Lipinski definition) is 4. The molecule has 3 fully saturated rings. The van der Waals surface area contributed by atoms with Crippen LogP contribution in [-0.4, -0.2) is 35.4 Å². The fourth-order valence-corrected chi connectivity index (χ4v) is 2.84. The van der Waals surface area contributed by atoms with E-state index in [9.17, 15) is 5.11 Å². The molecule has 2 aliphatic heterocycles. The van der Waals surface area contributed by atoms with Crippen LogP contribution in [0.15, 0.2) is 0 Å². The summed E-state index contributed by atoms with van der Waals surface area (Å²) in [6.07, 6.45) is 0.815. The predicted molar refractivity (Wildman–Crippen MR) is 44.9 cm³/mol. The van der Waals surface area contributed by atoms with Crippen molar-refractivity contribution in [2.75, 3.05) is 0 Å². The molecule has 2 N–H and O–H groups in total. The Morgan fingerprint density at radius 3 is 2.77 bits per heavy atom. The lowest BCUT2D eigenvalue weighted by atomic mass is 10.0. The number of aliphatic hydroxyl groups is 1. The van der Waals surface area contributed by atoms with Crippen molar-refractivity contribution in [3.05, 3.63) is 0 Å². The van der Waals surface area contributed by atoms with Crippen molar-refractivity contribution >= 4 is 0 Å². The summed E-state index contributed by atoms with van der Waals surface area (Å²) in [7, 11) is 0. The zero-order valence-corrected chi connectivity index (χ0v) is 7.86. The SMILES string of the molecule is CC1(C)OC2C3CC(C2O1)[C@@H](O)N3. The second-order valence-corrected chi connectivity index (χ2v) is 4.68. The molecule has 1 aliphatic carbocycles. The molecule has 5 atom stereocenters. The van der Waals surface area contributed by atoms with Crippen LogP contribution in [0.4, 0.5) is 0 Å². The lowest BCUT2D eigenvalue weighted by molar-refractivity contribution is -0.156. The van der Waals surface area contributed by atoms with E-state index in [1.165, 1.54) is 0 Å². The Morgan fingerprint density at radius 2 is 2.00 bits per heavy atom. The monoisotopic (exact) mass is 185 g/mol. The van der Waals surface area contributed by atoms with Crippen molar-refractivity contribution in [3.8, 4) is 0 Å². The molecule has 3 aliphatic rings. The first-order valence-electron chi connectivity index (χ1n) is 4.87. The Balaban J connectivity index is 1.87. The van der Waals surface area contributed by atoms with E-state index in [4.69, 9.17) is 9.47 Å². The van der Waals surface area contributed by atoms with Gasteiger partial charge >= 0.3 is 0 Å². The summed E-state index contributed by atoms with van der Waals surface area (Å²) in [5.41, 5.74) is 0. The van der Waals surface area contributed by atoms with Gasteiger partial charge in [-0.05, 0) is 20.3 Å². The van der Waals surface area contributed by atoms with Crippen LogP contribution >= 0.6 is 0 Å². The molecule has 0 spiro atoms. The first-order valence-corrected chi connectivity index (χ1v) is 4.87. The number of hydrogen-bond donors (Lipinski definition) is 2. The van der Waals surface area contributed by atoms with Gasteiger partial charge in [0.1, 0.15) is 12.3 Å². The van der Waals surface area contributed by atoms with Crippen molar-refractivity contribution in [1.29, 1.82) is 0 Å². The molecule has 0 aromatic rings. The minimum Gasteiger partial charge on any atom is -0.378 e. The van der Waals surface area contributed by atoms with Crippen LogP contribution < -0.4 is 5.32 Å². The van der Waals surface area contributed by atoms with Crippen LogP contribution in [0.1, 0.15) is 20.3 Å². The van der Waals surface area contributed by atoms with Crippen molar-refractivity contribution < 1.29 is 14.6 Å². The molecule has 0 aromatic carbocycles. The summed E-state index contributed by atoms with van der Waals surface area (Å²) in [5.74, 6) is -0.255. The minimum atomic E-state index is -0.474. The summed E-state index contributed by atoms with van der Waals surface area (Å²) >= 11 is 0. The van der Waals surface area contributed by atoms with E-state index < -0.39 is 12.0 Å². The summed E-state index contributed by atoms with van der Waals surface area (Å²) in [5, 5.41) is 12.7. The summed E-state index contributed by atoms with van der Waals surface area (Å²) in [4.78, 5) is 0. The van der Waals surface area contributed by atoms with E-state index in [1.807, 2.05) is 13.8 Å². The third-order valence-corrected chi connectivity index (χ3v) is 3.30. The molecule has 0 amide bonds. The standard InChI is InChI=1S/C9H15NO3/c1-9(2)12-6-4-3-5(7(6)13-9)10-8(4)11/h4-8,10-11H,3H2,1-2H3/t4?,5?,6?,7?,8-/m1/s1. The van der Waals surface area contributed by atoms with Gasteiger partial charge in [0.2, 0.25) is 0 Å². The van der Waals surface area contributed by atoms with Gasteiger partial charge < -0.3 is 14.6 Å². The van der Waals surface area contributed by atoms with Crippen LogP contribution in [0.3, 0.4) is 0 Å². The van der Waals surface area contributed by atoms with Gasteiger partial charge in [-0.1, -0.05) is 0 Å². The molecule has 1 saturated carbocycles. The number of fused-ring (bicyclic) bond motifs is 5. The molecule has 2 bridgehead atoms. The van der Waals surface area contributed by atoms with Crippen molar-refractivity contribution in [2.45, 2.75) is 50.5 Å². The molecule has 3 rings (SSSR count). The molecule has 4 heteroatoms. The second-order valence-electron chi connectivity index (χ2n) is 4.68. The van der Waals surface area contributed by atoms with E-state index in [2.05, 4.69) is 5.32 Å². The second kappa shape index (κ2) is 2.25. The quantitative estimate of drug-likeness (QED) is 0.549. The molecule has 2 heterocycles. The van der Waals surface area contributed by atoms with E-state index in [0.29, 0.717) is 0 Å². The lowest BCUT2D eigenvalue weighted by Crippen LogP contribution is -2.49. The molecule has 2 saturated heterocycles. The van der Waals surface area contributed by atoms with Gasteiger partial charge in [-0.3, -0.25) is 5.32 Å². The van der Waals surface area contributed by atoms with Crippen molar-refractivity contribution in [3.63, 3.8) is 0 Å². The highest BCUT2D eigenvalue weighted by Gasteiger charge is 2.59. The van der Waals surface area contributed by atoms with Crippen LogP contribution in [0.25, 0.3) is 0 Å². The third kappa shape index (κ3) is 1.00. The van der Waals surface area contributed by atoms with Crippen molar-refractivity contribution in [1.82, 2.24) is 5.32 Å². The topological polar surface area (TPSA) is 50.7 Å². The van der Waals surface area contributed by atoms with Gasteiger partial charge in [0.25, 0.3) is 0 Å². The predicted octanol–water partition coefficient (Wildman–Crippen LogP) is -0.183. The maximum absolute atomic E-state index is 9.59. The minimum absolute atomic E-state index is 0.0937. The zero-order valence-electron chi connectivity index (χ0n) is 7.86. The van der Waals surface area contributed by atoms with Crippen molar-refractivity contribution in [2.24, 2.45) is 5.92 Å². The highest BCUT2D eigenvalue weighted by molar-refractivity contribution is 5.08. The average Bonchev–Trinajstić information content (AvgIpc) is 2.56. The van der Waals surface area contributed by atoms with Crippen LogP contribution in [0.5, 0.6) is 0 Å². The highest BCUT2D eigenvalue weighted by atomic mass is 16.8. The Hall–Kier alpha value is -0.160. The summed E-state index contributed by atoms with van der Waals surface area (Å²) in [6.45, 7) is 3.86. The normalized spacial score (nSPS) is 57.0. The lowest BCUT2D eigenvalue weighted by Gasteiger charge is -2.26. The number of piperidine rings is 1. The first kappa shape index (κ1) is 8.17. The summed E-state index contributed by atoms with van der Waals surface area (Å²) < 4.78 is 11.5. The zero-order chi connectivity index (χ0) is 9.22. The molecule has 4 unspecified atom stereocenters. The highest BCUT2D eigenvalue weighted by Crippen LogP contribution is 2.46. The fraction of sp³-hybridized carbons (Fsp3) is 1.00. The van der Waals surface area contributed by atoms with E-state index in [0.717, 1.165) is 6.42 Å². The van der Waals surface area contributed by atoms with Gasteiger partial charge in [-0.25, -0.2) is 0 Å².